The minimum absolute atomic E-state index is 1.09. The Morgan fingerprint density at radius 2 is 1.27 bits per heavy atom. The lowest BCUT2D eigenvalue weighted by atomic mass is 10.1. The van der Waals surface area contributed by atoms with E-state index in [0.717, 1.165) is 12.8 Å². The van der Waals surface area contributed by atoms with Crippen LogP contribution >= 0.6 is 0 Å². The Morgan fingerprint density at radius 3 is 1.67 bits per heavy atom. The van der Waals surface area contributed by atoms with Gasteiger partial charge >= 0.3 is 0 Å². The van der Waals surface area contributed by atoms with E-state index in [4.69, 9.17) is 0 Å². The number of aromatic amines is 1. The fraction of sp³-hybridized carbons (Fsp3) is 0.833. The summed E-state index contributed by atoms with van der Waals surface area (Å²) in [5.74, 6) is 0. The molecule has 0 fully saturated rings. The van der Waals surface area contributed by atoms with Crippen molar-refractivity contribution in [3.05, 3.63) is 11.4 Å². The van der Waals surface area contributed by atoms with E-state index in [9.17, 15) is 0 Å². The molecule has 86 valence electrons. The van der Waals surface area contributed by atoms with Crippen molar-refractivity contribution in [2.45, 2.75) is 65.2 Å². The van der Waals surface area contributed by atoms with Crippen LogP contribution in [0.4, 0.5) is 0 Å². The molecule has 1 aromatic rings. The molecule has 3 nitrogen and oxygen atoms in total. The number of nitrogens with zero attached hydrogens (tertiary/aromatic N) is 2. The first kappa shape index (κ1) is 12.2. The number of nitrogens with one attached hydrogen (secondary N) is 1. The smallest absolute Gasteiger partial charge is 0.0856 e. The lowest BCUT2D eigenvalue weighted by Crippen LogP contribution is -1.94. The van der Waals surface area contributed by atoms with Gasteiger partial charge in [0.05, 0.1) is 11.4 Å². The molecule has 0 atom stereocenters. The molecule has 0 spiro atoms. The van der Waals surface area contributed by atoms with Gasteiger partial charge in [0.25, 0.3) is 0 Å². The van der Waals surface area contributed by atoms with Crippen molar-refractivity contribution in [2.24, 2.45) is 0 Å². The summed E-state index contributed by atoms with van der Waals surface area (Å²) in [5.41, 5.74) is 2.39. The Bertz CT molecular complexity index is 231. The summed E-state index contributed by atoms with van der Waals surface area (Å²) in [6, 6.07) is 0. The molecule has 3 heteroatoms. The first-order valence-corrected chi connectivity index (χ1v) is 6.27. The third-order valence-electron chi connectivity index (χ3n) is 2.74. The van der Waals surface area contributed by atoms with Gasteiger partial charge < -0.3 is 0 Å². The zero-order valence-electron chi connectivity index (χ0n) is 10.1. The van der Waals surface area contributed by atoms with Crippen molar-refractivity contribution < 1.29 is 0 Å². The Morgan fingerprint density at radius 1 is 0.800 bits per heavy atom. The molecule has 1 rings (SSSR count). The third kappa shape index (κ3) is 4.45. The van der Waals surface area contributed by atoms with Crippen molar-refractivity contribution in [1.82, 2.24) is 15.4 Å². The van der Waals surface area contributed by atoms with Crippen LogP contribution in [-0.4, -0.2) is 15.4 Å². The highest BCUT2D eigenvalue weighted by molar-refractivity contribution is 5.08. The molecule has 0 aliphatic rings. The molecule has 0 saturated heterocycles. The maximum absolute atomic E-state index is 4.23. The number of aryl methyl sites for hydroxylation is 2. The molecule has 1 heterocycles. The highest BCUT2D eigenvalue weighted by Crippen LogP contribution is 2.10. The van der Waals surface area contributed by atoms with Crippen molar-refractivity contribution in [3.63, 3.8) is 0 Å². The first-order valence-electron chi connectivity index (χ1n) is 6.27. The molecular weight excluding hydrogens is 186 g/mol. The zero-order chi connectivity index (χ0) is 10.9. The van der Waals surface area contributed by atoms with Gasteiger partial charge in [0, 0.05) is 0 Å². The Labute approximate surface area is 92.7 Å². The second kappa shape index (κ2) is 7.43. The fourth-order valence-corrected chi connectivity index (χ4v) is 1.76. The first-order chi connectivity index (χ1) is 7.38. The lowest BCUT2D eigenvalue weighted by molar-refractivity contribution is 0.683. The summed E-state index contributed by atoms with van der Waals surface area (Å²) in [5, 5.41) is 11.2. The SMILES string of the molecule is CCCCCc1n[nH]nc1CCCCC. The van der Waals surface area contributed by atoms with E-state index < -0.39 is 0 Å². The molecule has 0 amide bonds. The van der Waals surface area contributed by atoms with Crippen molar-refractivity contribution in [2.75, 3.05) is 0 Å². The van der Waals surface area contributed by atoms with E-state index in [1.54, 1.807) is 0 Å². The Hall–Kier alpha value is -0.860. The van der Waals surface area contributed by atoms with Crippen LogP contribution in [0.3, 0.4) is 0 Å². The molecule has 0 radical (unpaired) electrons. The summed E-state index contributed by atoms with van der Waals surface area (Å²) in [7, 11) is 0. The van der Waals surface area contributed by atoms with Crippen LogP contribution in [0.2, 0.25) is 0 Å². The van der Waals surface area contributed by atoms with E-state index in [1.807, 2.05) is 0 Å². The van der Waals surface area contributed by atoms with Crippen LogP contribution < -0.4 is 0 Å². The normalized spacial score (nSPS) is 10.8. The predicted molar refractivity (Wildman–Crippen MR) is 62.8 cm³/mol. The quantitative estimate of drug-likeness (QED) is 0.668. The molecule has 0 unspecified atom stereocenters. The monoisotopic (exact) mass is 209 g/mol. The minimum Gasteiger partial charge on any atom is -0.197 e. The summed E-state index contributed by atoms with van der Waals surface area (Å²) in [6.45, 7) is 4.45. The van der Waals surface area contributed by atoms with Gasteiger partial charge in [-0.1, -0.05) is 39.5 Å². The summed E-state index contributed by atoms with van der Waals surface area (Å²) in [6.07, 6.45) is 9.78. The van der Waals surface area contributed by atoms with E-state index in [2.05, 4.69) is 29.3 Å². The van der Waals surface area contributed by atoms with Crippen molar-refractivity contribution in [3.8, 4) is 0 Å². The molecule has 15 heavy (non-hydrogen) atoms. The molecule has 0 saturated carbocycles. The van der Waals surface area contributed by atoms with Crippen LogP contribution in [0.25, 0.3) is 0 Å². The third-order valence-corrected chi connectivity index (χ3v) is 2.74. The topological polar surface area (TPSA) is 41.6 Å². The average Bonchev–Trinajstić information content (AvgIpc) is 2.67. The fourth-order valence-electron chi connectivity index (χ4n) is 1.76. The maximum atomic E-state index is 4.23. The van der Waals surface area contributed by atoms with Gasteiger partial charge in [-0.15, -0.1) is 0 Å². The van der Waals surface area contributed by atoms with Crippen LogP contribution in [0.5, 0.6) is 0 Å². The number of hydrogen-bond donors (Lipinski definition) is 1. The van der Waals surface area contributed by atoms with Gasteiger partial charge in [0.2, 0.25) is 0 Å². The summed E-state index contributed by atoms with van der Waals surface area (Å²) >= 11 is 0. The molecule has 0 aliphatic carbocycles. The Kier molecular flexibility index (Phi) is 6.05. The number of H-pyrrole nitrogens is 1. The largest absolute Gasteiger partial charge is 0.197 e. The zero-order valence-corrected chi connectivity index (χ0v) is 10.1. The number of aromatic nitrogens is 3. The van der Waals surface area contributed by atoms with E-state index in [0.29, 0.717) is 0 Å². The van der Waals surface area contributed by atoms with E-state index in [1.165, 1.54) is 49.9 Å². The van der Waals surface area contributed by atoms with Crippen LogP contribution in [-0.2, 0) is 12.8 Å². The molecule has 0 bridgehead atoms. The second-order valence-corrected chi connectivity index (χ2v) is 4.13. The van der Waals surface area contributed by atoms with E-state index in [-0.39, 0.29) is 0 Å². The van der Waals surface area contributed by atoms with Crippen LogP contribution in [0, 0.1) is 0 Å². The van der Waals surface area contributed by atoms with Gasteiger partial charge in [0.15, 0.2) is 0 Å². The highest BCUT2D eigenvalue weighted by atomic mass is 15.3. The number of unbranched alkanes of at least 4 members (excludes halogenated alkanes) is 4. The van der Waals surface area contributed by atoms with Gasteiger partial charge in [-0.25, -0.2) is 0 Å². The minimum atomic E-state index is 1.09. The Balaban J connectivity index is 2.32. The maximum Gasteiger partial charge on any atom is 0.0856 e. The van der Waals surface area contributed by atoms with Crippen LogP contribution in [0.15, 0.2) is 0 Å². The second-order valence-electron chi connectivity index (χ2n) is 4.13. The van der Waals surface area contributed by atoms with Gasteiger partial charge in [-0.2, -0.15) is 15.4 Å². The van der Waals surface area contributed by atoms with Gasteiger partial charge in [-0.05, 0) is 25.7 Å². The highest BCUT2D eigenvalue weighted by Gasteiger charge is 2.06. The molecule has 1 aromatic heterocycles. The average molecular weight is 209 g/mol. The molecular formula is C12H23N3. The summed E-state index contributed by atoms with van der Waals surface area (Å²) in [4.78, 5) is 0. The van der Waals surface area contributed by atoms with Crippen LogP contribution in [0.1, 0.15) is 63.8 Å². The molecule has 0 aliphatic heterocycles. The number of rotatable bonds is 8. The van der Waals surface area contributed by atoms with Crippen molar-refractivity contribution >= 4 is 0 Å². The lowest BCUT2D eigenvalue weighted by Gasteiger charge is -1.99. The van der Waals surface area contributed by atoms with Crippen molar-refractivity contribution in [1.29, 1.82) is 0 Å². The predicted octanol–water partition coefficient (Wildman–Crippen LogP) is 3.27. The summed E-state index contributed by atoms with van der Waals surface area (Å²) < 4.78 is 0. The molecule has 0 aromatic carbocycles. The van der Waals surface area contributed by atoms with E-state index >= 15 is 0 Å². The van der Waals surface area contributed by atoms with Gasteiger partial charge in [0.1, 0.15) is 0 Å². The number of hydrogen-bond acceptors (Lipinski definition) is 2. The van der Waals surface area contributed by atoms with Gasteiger partial charge in [-0.3, -0.25) is 0 Å². The molecule has 1 N–H and O–H groups in total. The standard InChI is InChI=1S/C12H23N3/c1-3-5-7-9-11-12(14-15-13-11)10-8-6-4-2/h3-10H2,1-2H3,(H,13,14,15).